The molecule has 2 rings (SSSR count). The highest BCUT2D eigenvalue weighted by molar-refractivity contribution is 5.70. The third kappa shape index (κ3) is 3.51. The number of aliphatic carboxylic acids is 1. The van der Waals surface area contributed by atoms with Crippen molar-refractivity contribution in [2.24, 2.45) is 5.92 Å². The maximum atomic E-state index is 11.1. The van der Waals surface area contributed by atoms with Crippen LogP contribution in [0.5, 0.6) is 0 Å². The number of carboxylic acid groups (broad SMARTS) is 1. The second-order valence-corrected chi connectivity index (χ2v) is 5.75. The molecule has 114 valence electrons. The van der Waals surface area contributed by atoms with Crippen molar-refractivity contribution in [2.45, 2.75) is 45.6 Å². The third-order valence-electron chi connectivity index (χ3n) is 4.12. The van der Waals surface area contributed by atoms with Gasteiger partial charge in [-0.1, -0.05) is 6.42 Å². The molecule has 2 unspecified atom stereocenters. The number of nitro benzene ring substituents is 1. The predicted molar refractivity (Wildman–Crippen MR) is 79.6 cm³/mol. The van der Waals surface area contributed by atoms with Crippen molar-refractivity contribution < 1.29 is 14.8 Å². The smallest absolute Gasteiger partial charge is 0.306 e. The number of nitro groups is 1. The molecule has 6 nitrogen and oxygen atoms in total. The first-order valence-electron chi connectivity index (χ1n) is 7.13. The van der Waals surface area contributed by atoms with E-state index in [4.69, 9.17) is 5.11 Å². The van der Waals surface area contributed by atoms with Crippen LogP contribution in [0.1, 0.15) is 36.8 Å². The molecule has 0 aromatic heterocycles. The number of aryl methyl sites for hydroxylation is 2. The van der Waals surface area contributed by atoms with Crippen LogP contribution in [0.2, 0.25) is 0 Å². The molecule has 1 aromatic rings. The Bertz CT molecular complexity index is 571. The molecule has 0 amide bonds. The van der Waals surface area contributed by atoms with Crippen LogP contribution in [0.4, 0.5) is 11.4 Å². The molecule has 1 fully saturated rings. The molecule has 0 radical (unpaired) electrons. The van der Waals surface area contributed by atoms with Crippen molar-refractivity contribution in [1.29, 1.82) is 0 Å². The van der Waals surface area contributed by atoms with Gasteiger partial charge in [-0.15, -0.1) is 0 Å². The first-order valence-corrected chi connectivity index (χ1v) is 7.13. The van der Waals surface area contributed by atoms with Crippen LogP contribution in [0, 0.1) is 29.9 Å². The SMILES string of the molecule is Cc1cc(C)c([N+](=O)[O-])cc1NC1CCCC(C(=O)O)C1. The summed E-state index contributed by atoms with van der Waals surface area (Å²) in [6.07, 6.45) is 3.03. The molecule has 0 saturated heterocycles. The largest absolute Gasteiger partial charge is 0.481 e. The first kappa shape index (κ1) is 15.3. The van der Waals surface area contributed by atoms with Gasteiger partial charge in [-0.05, 0) is 44.7 Å². The highest BCUT2D eigenvalue weighted by atomic mass is 16.6. The third-order valence-corrected chi connectivity index (χ3v) is 4.12. The molecule has 1 aromatic carbocycles. The highest BCUT2D eigenvalue weighted by Gasteiger charge is 2.27. The minimum absolute atomic E-state index is 0.0564. The summed E-state index contributed by atoms with van der Waals surface area (Å²) in [5.41, 5.74) is 2.39. The topological polar surface area (TPSA) is 92.5 Å². The monoisotopic (exact) mass is 292 g/mol. The van der Waals surface area contributed by atoms with E-state index in [1.54, 1.807) is 19.1 Å². The first-order chi connectivity index (χ1) is 9.88. The highest BCUT2D eigenvalue weighted by Crippen LogP contribution is 2.31. The van der Waals surface area contributed by atoms with Gasteiger partial charge in [0.05, 0.1) is 10.8 Å². The van der Waals surface area contributed by atoms with Crippen LogP contribution in [0.25, 0.3) is 0 Å². The maximum absolute atomic E-state index is 11.1. The Balaban J connectivity index is 2.17. The second-order valence-electron chi connectivity index (χ2n) is 5.75. The molecule has 2 N–H and O–H groups in total. The van der Waals surface area contributed by atoms with Crippen LogP contribution < -0.4 is 5.32 Å². The van der Waals surface area contributed by atoms with Gasteiger partial charge in [0.1, 0.15) is 0 Å². The lowest BCUT2D eigenvalue weighted by Gasteiger charge is -2.28. The Morgan fingerprint density at radius 1 is 1.33 bits per heavy atom. The van der Waals surface area contributed by atoms with Crippen LogP contribution in [-0.2, 0) is 4.79 Å². The van der Waals surface area contributed by atoms with E-state index in [1.807, 2.05) is 6.92 Å². The number of hydrogen-bond donors (Lipinski definition) is 2. The van der Waals surface area contributed by atoms with E-state index in [1.165, 1.54) is 0 Å². The van der Waals surface area contributed by atoms with Gasteiger partial charge in [0.25, 0.3) is 5.69 Å². The van der Waals surface area contributed by atoms with E-state index < -0.39 is 5.97 Å². The van der Waals surface area contributed by atoms with Gasteiger partial charge in [-0.2, -0.15) is 0 Å². The molecule has 1 aliphatic rings. The lowest BCUT2D eigenvalue weighted by molar-refractivity contribution is -0.385. The summed E-state index contributed by atoms with van der Waals surface area (Å²) >= 11 is 0. The fourth-order valence-electron chi connectivity index (χ4n) is 2.96. The molecular formula is C15H20N2O4. The molecular weight excluding hydrogens is 272 g/mol. The minimum Gasteiger partial charge on any atom is -0.481 e. The number of nitrogens with one attached hydrogen (secondary N) is 1. The summed E-state index contributed by atoms with van der Waals surface area (Å²) in [4.78, 5) is 21.7. The second kappa shape index (κ2) is 6.11. The molecule has 0 bridgehead atoms. The average molecular weight is 292 g/mol. The fraction of sp³-hybridized carbons (Fsp3) is 0.533. The summed E-state index contributed by atoms with van der Waals surface area (Å²) in [7, 11) is 0. The normalized spacial score (nSPS) is 21.8. The molecule has 0 heterocycles. The number of nitrogens with zero attached hydrogens (tertiary/aromatic N) is 1. The van der Waals surface area contributed by atoms with Crippen LogP contribution in [-0.4, -0.2) is 22.0 Å². The molecule has 0 aliphatic heterocycles. The molecule has 1 aliphatic carbocycles. The Morgan fingerprint density at radius 2 is 2.05 bits per heavy atom. The van der Waals surface area contributed by atoms with Crippen molar-refractivity contribution >= 4 is 17.3 Å². The van der Waals surface area contributed by atoms with Crippen LogP contribution in [0.15, 0.2) is 12.1 Å². The Kier molecular flexibility index (Phi) is 4.45. The maximum Gasteiger partial charge on any atom is 0.306 e. The van der Waals surface area contributed by atoms with E-state index in [2.05, 4.69) is 5.32 Å². The standard InChI is InChI=1S/C15H20N2O4/c1-9-6-10(2)14(17(20)21)8-13(9)16-12-5-3-4-11(7-12)15(18)19/h6,8,11-12,16H,3-5,7H2,1-2H3,(H,18,19). The summed E-state index contributed by atoms with van der Waals surface area (Å²) in [5, 5.41) is 23.4. The molecule has 1 saturated carbocycles. The lowest BCUT2D eigenvalue weighted by Crippen LogP contribution is -2.31. The van der Waals surface area contributed by atoms with Gasteiger partial charge < -0.3 is 10.4 Å². The number of carbonyl (C=O) groups is 1. The van der Waals surface area contributed by atoms with Crippen molar-refractivity contribution in [3.8, 4) is 0 Å². The van der Waals surface area contributed by atoms with Crippen LogP contribution >= 0.6 is 0 Å². The Morgan fingerprint density at radius 3 is 2.67 bits per heavy atom. The van der Waals surface area contributed by atoms with Gasteiger partial charge in [-0.25, -0.2) is 0 Å². The molecule has 0 spiro atoms. The van der Waals surface area contributed by atoms with Gasteiger partial charge in [0.2, 0.25) is 0 Å². The van der Waals surface area contributed by atoms with E-state index in [9.17, 15) is 14.9 Å². The summed E-state index contributed by atoms with van der Waals surface area (Å²) in [6, 6.07) is 3.40. The van der Waals surface area contributed by atoms with Gasteiger partial charge in [0.15, 0.2) is 0 Å². The van der Waals surface area contributed by atoms with Crippen LogP contribution in [0.3, 0.4) is 0 Å². The number of carboxylic acids is 1. The quantitative estimate of drug-likeness (QED) is 0.656. The molecule has 21 heavy (non-hydrogen) atoms. The molecule has 2 atom stereocenters. The number of anilines is 1. The summed E-state index contributed by atoms with van der Waals surface area (Å²) in [6.45, 7) is 3.62. The zero-order valence-corrected chi connectivity index (χ0v) is 12.3. The van der Waals surface area contributed by atoms with Crippen molar-refractivity contribution in [3.63, 3.8) is 0 Å². The van der Waals surface area contributed by atoms with E-state index in [-0.39, 0.29) is 22.6 Å². The van der Waals surface area contributed by atoms with Gasteiger partial charge >= 0.3 is 5.97 Å². The zero-order chi connectivity index (χ0) is 15.6. The van der Waals surface area contributed by atoms with E-state index in [0.29, 0.717) is 18.4 Å². The lowest BCUT2D eigenvalue weighted by atomic mass is 9.85. The summed E-state index contributed by atoms with van der Waals surface area (Å²) in [5.74, 6) is -1.08. The van der Waals surface area contributed by atoms with Crippen molar-refractivity contribution in [3.05, 3.63) is 33.4 Å². The van der Waals surface area contributed by atoms with Gasteiger partial charge in [0, 0.05) is 23.4 Å². The summed E-state index contributed by atoms with van der Waals surface area (Å²) < 4.78 is 0. The van der Waals surface area contributed by atoms with Gasteiger partial charge in [-0.3, -0.25) is 14.9 Å². The minimum atomic E-state index is -0.756. The van der Waals surface area contributed by atoms with Crippen molar-refractivity contribution in [2.75, 3.05) is 5.32 Å². The average Bonchev–Trinajstić information content (AvgIpc) is 2.41. The van der Waals surface area contributed by atoms with E-state index >= 15 is 0 Å². The number of rotatable bonds is 4. The van der Waals surface area contributed by atoms with E-state index in [0.717, 1.165) is 24.1 Å². The number of benzene rings is 1. The zero-order valence-electron chi connectivity index (χ0n) is 12.3. The Labute approximate surface area is 123 Å². The predicted octanol–water partition coefficient (Wildman–Crippen LogP) is 3.27. The molecule has 6 heteroatoms. The fourth-order valence-corrected chi connectivity index (χ4v) is 2.96. The Hall–Kier alpha value is -2.11. The van der Waals surface area contributed by atoms with Crippen molar-refractivity contribution in [1.82, 2.24) is 0 Å². The number of hydrogen-bond acceptors (Lipinski definition) is 4.